The second-order valence-electron chi connectivity index (χ2n) is 5.04. The summed E-state index contributed by atoms with van der Waals surface area (Å²) in [6.45, 7) is 0.367. The second-order valence-corrected chi connectivity index (χ2v) is 7.00. The van der Waals surface area contributed by atoms with Crippen LogP contribution in [0.1, 0.15) is 38.5 Å². The molecule has 2 fully saturated rings. The van der Waals surface area contributed by atoms with Crippen molar-refractivity contribution < 1.29 is 18.3 Å². The van der Waals surface area contributed by atoms with E-state index >= 15 is 0 Å². The maximum atomic E-state index is 12.2. The van der Waals surface area contributed by atoms with Gasteiger partial charge < -0.3 is 5.11 Å². The van der Waals surface area contributed by atoms with Gasteiger partial charge in [-0.05, 0) is 31.6 Å². The first-order valence-electron chi connectivity index (χ1n) is 6.23. The van der Waals surface area contributed by atoms with Crippen LogP contribution in [-0.2, 0) is 14.8 Å². The van der Waals surface area contributed by atoms with Crippen molar-refractivity contribution in [2.75, 3.05) is 12.3 Å². The van der Waals surface area contributed by atoms with E-state index in [0.29, 0.717) is 19.4 Å². The third kappa shape index (κ3) is 2.80. The minimum atomic E-state index is -3.39. The van der Waals surface area contributed by atoms with Crippen LogP contribution in [0.2, 0.25) is 0 Å². The van der Waals surface area contributed by atoms with Crippen molar-refractivity contribution in [3.05, 3.63) is 0 Å². The molecule has 1 saturated carbocycles. The van der Waals surface area contributed by atoms with Crippen molar-refractivity contribution >= 4 is 16.0 Å². The van der Waals surface area contributed by atoms with Crippen LogP contribution < -0.4 is 0 Å². The van der Waals surface area contributed by atoms with Crippen LogP contribution in [0.5, 0.6) is 0 Å². The van der Waals surface area contributed by atoms with Crippen molar-refractivity contribution in [1.29, 1.82) is 0 Å². The van der Waals surface area contributed by atoms with Crippen LogP contribution in [0.3, 0.4) is 0 Å². The van der Waals surface area contributed by atoms with E-state index in [2.05, 4.69) is 0 Å². The highest BCUT2D eigenvalue weighted by molar-refractivity contribution is 7.89. The van der Waals surface area contributed by atoms with Gasteiger partial charge in [-0.25, -0.2) is 8.42 Å². The molecule has 6 heteroatoms. The molecule has 0 aromatic rings. The van der Waals surface area contributed by atoms with Gasteiger partial charge in [0.15, 0.2) is 0 Å². The summed E-state index contributed by atoms with van der Waals surface area (Å²) in [7, 11) is -3.39. The number of hydrogen-bond donors (Lipinski definition) is 1. The maximum absolute atomic E-state index is 12.2. The van der Waals surface area contributed by atoms with Crippen LogP contribution in [0.25, 0.3) is 0 Å². The number of sulfonamides is 1. The molecule has 1 heterocycles. The molecule has 0 bridgehead atoms. The molecule has 1 aliphatic heterocycles. The fourth-order valence-corrected chi connectivity index (χ4v) is 5.00. The van der Waals surface area contributed by atoms with E-state index in [4.69, 9.17) is 5.11 Å². The van der Waals surface area contributed by atoms with E-state index in [1.165, 1.54) is 4.31 Å². The lowest BCUT2D eigenvalue weighted by molar-refractivity contribution is -0.140. The van der Waals surface area contributed by atoms with Gasteiger partial charge in [-0.2, -0.15) is 4.31 Å². The minimum Gasteiger partial charge on any atom is -0.480 e. The molecule has 1 N–H and O–H groups in total. The fourth-order valence-electron chi connectivity index (χ4n) is 2.89. The molecule has 98 valence electrons. The molecule has 0 aromatic heterocycles. The Morgan fingerprint density at radius 3 is 2.41 bits per heavy atom. The summed E-state index contributed by atoms with van der Waals surface area (Å²) < 4.78 is 25.5. The third-order valence-electron chi connectivity index (χ3n) is 3.77. The highest BCUT2D eigenvalue weighted by Gasteiger charge is 2.39. The first kappa shape index (κ1) is 12.8. The number of hydrogen-bond acceptors (Lipinski definition) is 3. The summed E-state index contributed by atoms with van der Waals surface area (Å²) in [5, 5.41) is 9.00. The Hall–Kier alpha value is -0.620. The zero-order valence-corrected chi connectivity index (χ0v) is 10.7. The van der Waals surface area contributed by atoms with Gasteiger partial charge in [0.05, 0.1) is 5.75 Å². The summed E-state index contributed by atoms with van der Waals surface area (Å²) in [4.78, 5) is 11.0. The van der Waals surface area contributed by atoms with E-state index in [9.17, 15) is 13.2 Å². The predicted molar refractivity (Wildman–Crippen MR) is 63.1 cm³/mol. The number of carbonyl (C=O) groups is 1. The largest absolute Gasteiger partial charge is 0.480 e. The Labute approximate surface area is 102 Å². The molecule has 2 aliphatic rings. The molecule has 0 aromatic carbocycles. The van der Waals surface area contributed by atoms with Gasteiger partial charge in [0.25, 0.3) is 0 Å². The van der Waals surface area contributed by atoms with Gasteiger partial charge >= 0.3 is 5.97 Å². The van der Waals surface area contributed by atoms with E-state index < -0.39 is 22.0 Å². The van der Waals surface area contributed by atoms with E-state index in [0.717, 1.165) is 25.7 Å². The smallest absolute Gasteiger partial charge is 0.322 e. The topological polar surface area (TPSA) is 74.7 Å². The standard InChI is InChI=1S/C11H19NO4S/c13-11(14)10-6-3-7-12(10)17(15,16)8-9-4-1-2-5-9/h9-10H,1-8H2,(H,13,14)/t10-/m0/s1. The number of carboxylic acids is 1. The molecule has 1 atom stereocenters. The summed E-state index contributed by atoms with van der Waals surface area (Å²) in [5.74, 6) is -0.649. The Bertz CT molecular complexity index is 386. The quantitative estimate of drug-likeness (QED) is 0.821. The average Bonchev–Trinajstić information content (AvgIpc) is 2.84. The SMILES string of the molecule is O=C(O)[C@@H]1CCCN1S(=O)(=O)CC1CCCC1. The molecule has 1 aliphatic carbocycles. The average molecular weight is 261 g/mol. The molecule has 0 spiro atoms. The van der Waals surface area contributed by atoms with Gasteiger partial charge in [-0.3, -0.25) is 4.79 Å². The van der Waals surface area contributed by atoms with E-state index in [1.807, 2.05) is 0 Å². The van der Waals surface area contributed by atoms with Crippen molar-refractivity contribution in [1.82, 2.24) is 4.31 Å². The number of aliphatic carboxylic acids is 1. The predicted octanol–water partition coefficient (Wildman–Crippen LogP) is 1.06. The van der Waals surface area contributed by atoms with Gasteiger partial charge in [0, 0.05) is 6.54 Å². The zero-order valence-electron chi connectivity index (χ0n) is 9.84. The summed E-state index contributed by atoms with van der Waals surface area (Å²) in [6, 6.07) is -0.832. The molecular weight excluding hydrogens is 242 g/mol. The van der Waals surface area contributed by atoms with Crippen LogP contribution in [0, 0.1) is 5.92 Å². The highest BCUT2D eigenvalue weighted by atomic mass is 32.2. The van der Waals surface area contributed by atoms with Crippen LogP contribution in [-0.4, -0.2) is 42.1 Å². The molecule has 2 rings (SSSR count). The normalized spacial score (nSPS) is 27.6. The highest BCUT2D eigenvalue weighted by Crippen LogP contribution is 2.29. The van der Waals surface area contributed by atoms with E-state index in [-0.39, 0.29) is 11.7 Å². The fraction of sp³-hybridized carbons (Fsp3) is 0.909. The van der Waals surface area contributed by atoms with Crippen LogP contribution >= 0.6 is 0 Å². The molecule has 0 unspecified atom stereocenters. The Morgan fingerprint density at radius 1 is 1.18 bits per heavy atom. The lowest BCUT2D eigenvalue weighted by atomic mass is 10.1. The molecule has 5 nitrogen and oxygen atoms in total. The Balaban J connectivity index is 2.06. The molecule has 0 radical (unpaired) electrons. The van der Waals surface area contributed by atoms with Gasteiger partial charge in [0.2, 0.25) is 10.0 Å². The molecular formula is C11H19NO4S. The first-order valence-corrected chi connectivity index (χ1v) is 7.84. The summed E-state index contributed by atoms with van der Waals surface area (Å²) in [6.07, 6.45) is 5.22. The summed E-state index contributed by atoms with van der Waals surface area (Å²) in [5.41, 5.74) is 0. The monoisotopic (exact) mass is 261 g/mol. The van der Waals surface area contributed by atoms with Crippen molar-refractivity contribution in [2.45, 2.75) is 44.6 Å². The zero-order chi connectivity index (χ0) is 12.5. The molecule has 17 heavy (non-hydrogen) atoms. The Kier molecular flexibility index (Phi) is 3.73. The lowest BCUT2D eigenvalue weighted by Gasteiger charge is -2.22. The van der Waals surface area contributed by atoms with Crippen molar-refractivity contribution in [3.8, 4) is 0 Å². The number of carboxylic acid groups (broad SMARTS) is 1. The van der Waals surface area contributed by atoms with Crippen molar-refractivity contribution in [3.63, 3.8) is 0 Å². The molecule has 0 amide bonds. The van der Waals surface area contributed by atoms with Gasteiger partial charge in [0.1, 0.15) is 6.04 Å². The summed E-state index contributed by atoms with van der Waals surface area (Å²) >= 11 is 0. The maximum Gasteiger partial charge on any atom is 0.322 e. The molecule has 1 saturated heterocycles. The first-order chi connectivity index (χ1) is 8.00. The van der Waals surface area contributed by atoms with Crippen LogP contribution in [0.4, 0.5) is 0 Å². The van der Waals surface area contributed by atoms with Gasteiger partial charge in [-0.15, -0.1) is 0 Å². The number of rotatable bonds is 4. The second kappa shape index (κ2) is 4.94. The van der Waals surface area contributed by atoms with Crippen molar-refractivity contribution in [2.24, 2.45) is 5.92 Å². The van der Waals surface area contributed by atoms with Gasteiger partial charge in [-0.1, -0.05) is 12.8 Å². The third-order valence-corrected chi connectivity index (χ3v) is 5.81. The minimum absolute atomic E-state index is 0.136. The van der Waals surface area contributed by atoms with Crippen LogP contribution in [0.15, 0.2) is 0 Å². The van der Waals surface area contributed by atoms with E-state index in [1.54, 1.807) is 0 Å². The Morgan fingerprint density at radius 2 is 1.82 bits per heavy atom. The number of nitrogens with zero attached hydrogens (tertiary/aromatic N) is 1. The lowest BCUT2D eigenvalue weighted by Crippen LogP contribution is -2.42.